The van der Waals surface area contributed by atoms with Gasteiger partial charge < -0.3 is 19.5 Å². The molecule has 0 unspecified atom stereocenters. The summed E-state index contributed by atoms with van der Waals surface area (Å²) >= 11 is 0. The second-order valence-corrected chi connectivity index (χ2v) is 8.70. The molecule has 0 spiro atoms. The Bertz CT molecular complexity index is 853. The Labute approximate surface area is 173 Å². The lowest BCUT2D eigenvalue weighted by atomic mass is 10.0. The molecule has 1 aromatic carbocycles. The molecule has 1 saturated heterocycles. The van der Waals surface area contributed by atoms with Gasteiger partial charge in [0.05, 0.1) is 6.10 Å². The predicted octanol–water partition coefficient (Wildman–Crippen LogP) is 3.57. The highest BCUT2D eigenvalue weighted by Gasteiger charge is 2.31. The van der Waals surface area contributed by atoms with Gasteiger partial charge in [0.2, 0.25) is 0 Å². The van der Waals surface area contributed by atoms with Crippen molar-refractivity contribution in [1.82, 2.24) is 15.2 Å². The van der Waals surface area contributed by atoms with Crippen molar-refractivity contribution in [3.05, 3.63) is 47.7 Å². The van der Waals surface area contributed by atoms with Gasteiger partial charge in [-0.05, 0) is 39.8 Å². The van der Waals surface area contributed by atoms with E-state index >= 15 is 0 Å². The average Bonchev–Trinajstić information content (AvgIpc) is 2.67. The maximum Gasteiger partial charge on any atom is 0.257 e. The smallest absolute Gasteiger partial charge is 0.257 e. The third-order valence-corrected chi connectivity index (χ3v) is 5.20. The van der Waals surface area contributed by atoms with E-state index in [9.17, 15) is 0 Å². The van der Waals surface area contributed by atoms with Crippen molar-refractivity contribution in [2.24, 2.45) is 0 Å². The minimum absolute atomic E-state index is 0.153. The van der Waals surface area contributed by atoms with Gasteiger partial charge in [-0.1, -0.05) is 18.2 Å². The van der Waals surface area contributed by atoms with Gasteiger partial charge in [-0.2, -0.15) is 0 Å². The van der Waals surface area contributed by atoms with E-state index < -0.39 is 0 Å². The number of fused-ring (bicyclic) bond motifs is 1. The van der Waals surface area contributed by atoms with Gasteiger partial charge in [0, 0.05) is 49.5 Å². The Balaban J connectivity index is 1.50. The van der Waals surface area contributed by atoms with Crippen LogP contribution >= 0.6 is 0 Å². The van der Waals surface area contributed by atoms with E-state index in [1.807, 2.05) is 32.2 Å². The molecule has 3 heterocycles. The largest absolute Gasteiger partial charge is 0.491 e. The number of rotatable bonds is 5. The van der Waals surface area contributed by atoms with Gasteiger partial charge in [0.25, 0.3) is 5.88 Å². The molecule has 1 aromatic heterocycles. The molecule has 1 atom stereocenters. The average molecular weight is 398 g/mol. The van der Waals surface area contributed by atoms with Crippen LogP contribution in [0, 0.1) is 0 Å². The number of piperazine rings is 1. The summed E-state index contributed by atoms with van der Waals surface area (Å²) in [6, 6.07) is 10.6. The van der Waals surface area contributed by atoms with Crippen LogP contribution in [0.1, 0.15) is 44.9 Å². The maximum atomic E-state index is 6.04. The molecule has 1 N–H and O–H groups in total. The fourth-order valence-electron chi connectivity index (χ4n) is 3.89. The number of hydrogen-bond acceptors (Lipinski definition) is 6. The number of nitrogens with zero attached hydrogens (tertiary/aromatic N) is 2. The molecular weight excluding hydrogens is 366 g/mol. The molecule has 2 aliphatic heterocycles. The molecular formula is C23H31N3O3. The molecule has 2 aliphatic rings. The molecule has 0 radical (unpaired) electrons. The molecule has 156 valence electrons. The van der Waals surface area contributed by atoms with Gasteiger partial charge in [-0.3, -0.25) is 4.90 Å². The lowest BCUT2D eigenvalue weighted by Gasteiger charge is -2.36. The first-order valence-electron chi connectivity index (χ1n) is 10.4. The first kappa shape index (κ1) is 20.0. The number of benzene rings is 1. The van der Waals surface area contributed by atoms with Crippen molar-refractivity contribution >= 4 is 0 Å². The number of ether oxygens (including phenoxy) is 3. The van der Waals surface area contributed by atoms with Crippen LogP contribution in [0.5, 0.6) is 17.4 Å². The van der Waals surface area contributed by atoms with Gasteiger partial charge in [-0.25, -0.2) is 4.98 Å². The highest BCUT2D eigenvalue weighted by Crippen LogP contribution is 2.37. The van der Waals surface area contributed by atoms with E-state index in [0.29, 0.717) is 12.5 Å². The highest BCUT2D eigenvalue weighted by molar-refractivity contribution is 5.43. The summed E-state index contributed by atoms with van der Waals surface area (Å²) in [5.41, 5.74) is 1.99. The zero-order valence-electron chi connectivity index (χ0n) is 17.8. The van der Waals surface area contributed by atoms with E-state index in [2.05, 4.69) is 47.2 Å². The summed E-state index contributed by atoms with van der Waals surface area (Å²) in [5, 5.41) is 3.65. The minimum Gasteiger partial charge on any atom is -0.491 e. The number of pyridine rings is 1. The molecule has 1 fully saturated rings. The van der Waals surface area contributed by atoms with Gasteiger partial charge >= 0.3 is 0 Å². The van der Waals surface area contributed by atoms with Crippen molar-refractivity contribution in [2.45, 2.75) is 52.0 Å². The van der Waals surface area contributed by atoms with Crippen LogP contribution in [0.15, 0.2) is 36.5 Å². The Hall–Kier alpha value is -2.31. The van der Waals surface area contributed by atoms with Crippen LogP contribution < -0.4 is 19.5 Å². The summed E-state index contributed by atoms with van der Waals surface area (Å²) in [5.74, 6) is 2.34. The number of para-hydroxylation sites is 1. The molecule has 4 rings (SSSR count). The maximum absolute atomic E-state index is 6.04. The van der Waals surface area contributed by atoms with Crippen LogP contribution in [0.3, 0.4) is 0 Å². The minimum atomic E-state index is -0.348. The van der Waals surface area contributed by atoms with Gasteiger partial charge in [0.1, 0.15) is 18.0 Å². The number of aromatic nitrogens is 1. The summed E-state index contributed by atoms with van der Waals surface area (Å²) in [6.07, 6.45) is 1.96. The summed E-state index contributed by atoms with van der Waals surface area (Å²) in [6.45, 7) is 12.3. The van der Waals surface area contributed by atoms with E-state index in [4.69, 9.17) is 14.2 Å². The first-order valence-corrected chi connectivity index (χ1v) is 10.4. The van der Waals surface area contributed by atoms with Gasteiger partial charge in [-0.15, -0.1) is 0 Å². The van der Waals surface area contributed by atoms with Crippen molar-refractivity contribution in [3.8, 4) is 17.4 Å². The Morgan fingerprint density at radius 2 is 2.10 bits per heavy atom. The molecule has 29 heavy (non-hydrogen) atoms. The second-order valence-electron chi connectivity index (χ2n) is 8.70. The van der Waals surface area contributed by atoms with Crippen LogP contribution in [-0.4, -0.2) is 47.8 Å². The summed E-state index contributed by atoms with van der Waals surface area (Å²) < 4.78 is 18.1. The summed E-state index contributed by atoms with van der Waals surface area (Å²) in [7, 11) is 0. The van der Waals surface area contributed by atoms with Crippen molar-refractivity contribution < 1.29 is 14.2 Å². The molecule has 0 saturated carbocycles. The van der Waals surface area contributed by atoms with Crippen molar-refractivity contribution in [1.29, 1.82) is 0 Å². The highest BCUT2D eigenvalue weighted by atomic mass is 16.6. The fourth-order valence-corrected chi connectivity index (χ4v) is 3.89. The predicted molar refractivity (Wildman–Crippen MR) is 113 cm³/mol. The molecule has 2 aromatic rings. The van der Waals surface area contributed by atoms with Crippen LogP contribution in [0.25, 0.3) is 0 Å². The van der Waals surface area contributed by atoms with Gasteiger partial charge in [0.15, 0.2) is 5.75 Å². The van der Waals surface area contributed by atoms with Crippen LogP contribution in [-0.2, 0) is 6.54 Å². The molecule has 0 amide bonds. The Morgan fingerprint density at radius 3 is 2.93 bits per heavy atom. The van der Waals surface area contributed by atoms with E-state index in [1.54, 1.807) is 0 Å². The molecule has 0 bridgehead atoms. The molecule has 0 aliphatic carbocycles. The third-order valence-electron chi connectivity index (χ3n) is 5.20. The monoisotopic (exact) mass is 397 g/mol. The quantitative estimate of drug-likeness (QED) is 0.833. The standard InChI is InChI=1S/C23H31N3O3/c1-16(2)28-20-8-6-5-7-18(20)19-14-26(12-11-24-19)13-17-9-10-25-22-21(17)27-15-23(3,4)29-22/h5-10,16,19,24H,11-15H2,1-4H3/t19-/m1/s1. The second kappa shape index (κ2) is 8.20. The lowest BCUT2D eigenvalue weighted by molar-refractivity contribution is 0.0148. The number of nitrogens with one attached hydrogen (secondary N) is 1. The lowest BCUT2D eigenvalue weighted by Crippen LogP contribution is -2.45. The van der Waals surface area contributed by atoms with E-state index in [0.717, 1.165) is 43.2 Å². The zero-order chi connectivity index (χ0) is 20.4. The third kappa shape index (κ3) is 4.65. The summed E-state index contributed by atoms with van der Waals surface area (Å²) in [4.78, 5) is 6.83. The normalized spacial score (nSPS) is 21.2. The Kier molecular flexibility index (Phi) is 5.65. The number of hydrogen-bond donors (Lipinski definition) is 1. The van der Waals surface area contributed by atoms with Crippen molar-refractivity contribution in [2.75, 3.05) is 26.2 Å². The topological polar surface area (TPSA) is 55.9 Å². The SMILES string of the molecule is CC(C)Oc1ccccc1[C@H]1CN(Cc2ccnc3c2OCC(C)(C)O3)CCN1. The van der Waals surface area contributed by atoms with Crippen LogP contribution in [0.4, 0.5) is 0 Å². The fraction of sp³-hybridized carbons (Fsp3) is 0.522. The molecule has 6 heteroatoms. The van der Waals surface area contributed by atoms with E-state index in [1.165, 1.54) is 5.56 Å². The zero-order valence-corrected chi connectivity index (χ0v) is 17.8. The Morgan fingerprint density at radius 1 is 1.28 bits per heavy atom. The first-order chi connectivity index (χ1) is 13.9. The molecule has 6 nitrogen and oxygen atoms in total. The van der Waals surface area contributed by atoms with Crippen molar-refractivity contribution in [3.63, 3.8) is 0 Å². The van der Waals surface area contributed by atoms with Crippen LogP contribution in [0.2, 0.25) is 0 Å². The van der Waals surface area contributed by atoms with E-state index in [-0.39, 0.29) is 17.7 Å².